The van der Waals surface area contributed by atoms with Crippen molar-refractivity contribution in [2.45, 2.75) is 18.2 Å². The second kappa shape index (κ2) is 10.5. The Hall–Kier alpha value is -2.76. The van der Waals surface area contributed by atoms with Gasteiger partial charge in [-0.1, -0.05) is 35.5 Å². The van der Waals surface area contributed by atoms with E-state index in [1.807, 2.05) is 42.5 Å². The average molecular weight is 620 g/mol. The molecule has 2 amide bonds. The second-order valence-electron chi connectivity index (χ2n) is 7.85. The van der Waals surface area contributed by atoms with Crippen LogP contribution in [0.3, 0.4) is 0 Å². The minimum atomic E-state index is -0.618. The van der Waals surface area contributed by atoms with Gasteiger partial charge < -0.3 is 14.8 Å². The fourth-order valence-electron chi connectivity index (χ4n) is 3.63. The number of thioether (sulfide) groups is 1. The van der Waals surface area contributed by atoms with Gasteiger partial charge in [0.25, 0.3) is 0 Å². The van der Waals surface area contributed by atoms with Crippen LogP contribution in [0.2, 0.25) is 5.02 Å². The summed E-state index contributed by atoms with van der Waals surface area (Å²) in [5, 5.41) is 3.26. The van der Waals surface area contributed by atoms with Crippen molar-refractivity contribution in [2.24, 2.45) is 4.99 Å². The third-order valence-electron chi connectivity index (χ3n) is 5.35. The van der Waals surface area contributed by atoms with Gasteiger partial charge in [0.2, 0.25) is 18.6 Å². The number of ether oxygens (including phenoxy) is 2. The van der Waals surface area contributed by atoms with Crippen LogP contribution in [0, 0.1) is 3.57 Å². The Morgan fingerprint density at radius 3 is 2.71 bits per heavy atom. The summed E-state index contributed by atoms with van der Waals surface area (Å²) in [5.41, 5.74) is 2.14. The molecule has 0 spiro atoms. The number of rotatable bonds is 5. The summed E-state index contributed by atoms with van der Waals surface area (Å²) in [6.07, 6.45) is 0.0555. The van der Waals surface area contributed by atoms with Gasteiger partial charge in [0.05, 0.1) is 12.2 Å². The van der Waals surface area contributed by atoms with Crippen LogP contribution >= 0.6 is 46.0 Å². The molecule has 1 N–H and O–H groups in total. The Kier molecular flexibility index (Phi) is 7.17. The summed E-state index contributed by atoms with van der Waals surface area (Å²) in [6, 6.07) is 20.1. The lowest BCUT2D eigenvalue weighted by atomic mass is 10.1. The van der Waals surface area contributed by atoms with Crippen molar-refractivity contribution in [3.05, 3.63) is 80.9 Å². The summed E-state index contributed by atoms with van der Waals surface area (Å²) in [4.78, 5) is 32.6. The van der Waals surface area contributed by atoms with E-state index < -0.39 is 5.25 Å². The Balaban J connectivity index is 1.41. The number of carbonyl (C=O) groups excluding carboxylic acids is 2. The number of amidine groups is 1. The predicted molar refractivity (Wildman–Crippen MR) is 145 cm³/mol. The molecule has 178 valence electrons. The van der Waals surface area contributed by atoms with E-state index in [0.29, 0.717) is 33.1 Å². The van der Waals surface area contributed by atoms with Crippen LogP contribution in [0.4, 0.5) is 11.4 Å². The zero-order chi connectivity index (χ0) is 24.4. The third kappa shape index (κ3) is 5.74. The number of fused-ring (bicyclic) bond motifs is 1. The molecule has 0 saturated carbocycles. The zero-order valence-corrected chi connectivity index (χ0v) is 22.0. The number of amides is 2. The van der Waals surface area contributed by atoms with Gasteiger partial charge in [-0.15, -0.1) is 0 Å². The van der Waals surface area contributed by atoms with E-state index in [0.717, 1.165) is 9.13 Å². The maximum atomic E-state index is 13.3. The Morgan fingerprint density at radius 2 is 1.91 bits per heavy atom. The predicted octanol–water partition coefficient (Wildman–Crippen LogP) is 5.83. The first-order chi connectivity index (χ1) is 16.9. The van der Waals surface area contributed by atoms with Crippen LogP contribution in [0.25, 0.3) is 0 Å². The molecule has 1 fully saturated rings. The number of carbonyl (C=O) groups is 2. The molecule has 0 aromatic heterocycles. The smallest absolute Gasteiger partial charge is 0.238 e. The lowest BCUT2D eigenvalue weighted by molar-refractivity contribution is -0.129. The zero-order valence-electron chi connectivity index (χ0n) is 18.2. The van der Waals surface area contributed by atoms with Crippen molar-refractivity contribution in [2.75, 3.05) is 12.1 Å². The van der Waals surface area contributed by atoms with Gasteiger partial charge in [0, 0.05) is 20.7 Å². The number of nitrogens with one attached hydrogen (secondary N) is 1. The van der Waals surface area contributed by atoms with Gasteiger partial charge in [0.1, 0.15) is 5.25 Å². The van der Waals surface area contributed by atoms with E-state index >= 15 is 0 Å². The number of nitrogens with zero attached hydrogens (tertiary/aromatic N) is 2. The van der Waals surface area contributed by atoms with Gasteiger partial charge in [-0.05, 0) is 82.8 Å². The first-order valence-electron chi connectivity index (χ1n) is 10.7. The fourth-order valence-corrected chi connectivity index (χ4v) is 5.27. The molecule has 3 aromatic carbocycles. The minimum absolute atomic E-state index is 0.0555. The van der Waals surface area contributed by atoms with E-state index in [1.54, 1.807) is 29.2 Å². The molecule has 7 nitrogen and oxygen atoms in total. The van der Waals surface area contributed by atoms with E-state index in [-0.39, 0.29) is 31.6 Å². The molecule has 2 aliphatic heterocycles. The molecule has 0 bridgehead atoms. The van der Waals surface area contributed by atoms with Gasteiger partial charge in [0.15, 0.2) is 16.7 Å². The fraction of sp³-hybridized carbons (Fsp3) is 0.160. The van der Waals surface area contributed by atoms with Gasteiger partial charge in [-0.2, -0.15) is 0 Å². The number of anilines is 1. The average Bonchev–Trinajstić information content (AvgIpc) is 3.30. The maximum Gasteiger partial charge on any atom is 0.238 e. The van der Waals surface area contributed by atoms with E-state index in [4.69, 9.17) is 26.1 Å². The maximum absolute atomic E-state index is 13.3. The highest BCUT2D eigenvalue weighted by atomic mass is 127. The molecule has 1 saturated heterocycles. The highest BCUT2D eigenvalue weighted by Crippen LogP contribution is 2.35. The van der Waals surface area contributed by atoms with Crippen molar-refractivity contribution >= 4 is 74.3 Å². The van der Waals surface area contributed by atoms with Crippen LogP contribution in [-0.4, -0.2) is 33.9 Å². The molecule has 2 heterocycles. The van der Waals surface area contributed by atoms with Crippen molar-refractivity contribution < 1.29 is 19.1 Å². The monoisotopic (exact) mass is 619 g/mol. The largest absolute Gasteiger partial charge is 0.454 e. The number of halogens is 2. The summed E-state index contributed by atoms with van der Waals surface area (Å²) in [6.45, 7) is 0.462. The van der Waals surface area contributed by atoms with Crippen molar-refractivity contribution in [3.8, 4) is 11.5 Å². The molecule has 10 heteroatoms. The van der Waals surface area contributed by atoms with Gasteiger partial charge in [-0.25, -0.2) is 4.99 Å². The molecule has 5 rings (SSSR count). The van der Waals surface area contributed by atoms with E-state index in [9.17, 15) is 9.59 Å². The summed E-state index contributed by atoms with van der Waals surface area (Å²) >= 11 is 9.61. The standard InChI is InChI=1S/C25H19ClIN3O4S/c26-16-2-1-3-19(11-16)29-25-30(13-15-4-9-20-21(10-15)34-14-33-20)23(31)12-22(35-25)24(32)28-18-7-5-17(27)6-8-18/h1-11,22H,12-14H2,(H,28,32). The first kappa shape index (κ1) is 24.0. The molecular formula is C25H19ClIN3O4S. The molecule has 3 aromatic rings. The second-order valence-corrected chi connectivity index (χ2v) is 10.7. The topological polar surface area (TPSA) is 80.2 Å². The lowest BCUT2D eigenvalue weighted by Crippen LogP contribution is -2.44. The number of hydrogen-bond acceptors (Lipinski definition) is 6. The van der Waals surface area contributed by atoms with Crippen LogP contribution < -0.4 is 14.8 Å². The molecule has 1 atom stereocenters. The Bertz CT molecular complexity index is 1320. The summed E-state index contributed by atoms with van der Waals surface area (Å²) < 4.78 is 11.9. The SMILES string of the molecule is O=C(Nc1ccc(I)cc1)C1CC(=O)N(Cc2ccc3c(c2)OCO3)C(=Nc2cccc(Cl)c2)S1. The third-order valence-corrected chi connectivity index (χ3v) is 7.50. The number of benzene rings is 3. The minimum Gasteiger partial charge on any atom is -0.454 e. The highest BCUT2D eigenvalue weighted by molar-refractivity contribution is 14.1. The van der Waals surface area contributed by atoms with Crippen LogP contribution in [0.5, 0.6) is 11.5 Å². The molecule has 0 aliphatic carbocycles. The molecular weight excluding hydrogens is 601 g/mol. The first-order valence-corrected chi connectivity index (χ1v) is 13.0. The van der Waals surface area contributed by atoms with Crippen LogP contribution in [0.15, 0.2) is 71.7 Å². The number of aliphatic imine (C=N–C) groups is 1. The van der Waals surface area contributed by atoms with Crippen molar-refractivity contribution in [1.29, 1.82) is 0 Å². The lowest BCUT2D eigenvalue weighted by Gasteiger charge is -2.32. The van der Waals surface area contributed by atoms with Gasteiger partial charge in [-0.3, -0.25) is 14.5 Å². The van der Waals surface area contributed by atoms with E-state index in [1.165, 1.54) is 11.8 Å². The van der Waals surface area contributed by atoms with Crippen LogP contribution in [0.1, 0.15) is 12.0 Å². The van der Waals surface area contributed by atoms with Gasteiger partial charge >= 0.3 is 0 Å². The summed E-state index contributed by atoms with van der Waals surface area (Å²) in [5.74, 6) is 0.881. The number of hydrogen-bond donors (Lipinski definition) is 1. The molecule has 2 aliphatic rings. The van der Waals surface area contributed by atoms with Crippen LogP contribution in [-0.2, 0) is 16.1 Å². The normalized spacial score (nSPS) is 18.1. The highest BCUT2D eigenvalue weighted by Gasteiger charge is 2.36. The Morgan fingerprint density at radius 1 is 1.11 bits per heavy atom. The van der Waals surface area contributed by atoms with Crippen molar-refractivity contribution in [3.63, 3.8) is 0 Å². The molecule has 35 heavy (non-hydrogen) atoms. The van der Waals surface area contributed by atoms with Crippen molar-refractivity contribution in [1.82, 2.24) is 4.90 Å². The molecule has 0 radical (unpaired) electrons. The Labute approximate surface area is 225 Å². The quantitative estimate of drug-likeness (QED) is 0.364. The summed E-state index contributed by atoms with van der Waals surface area (Å²) in [7, 11) is 0. The van der Waals surface area contributed by atoms with E-state index in [2.05, 4.69) is 27.9 Å². The molecule has 1 unspecified atom stereocenters.